The highest BCUT2D eigenvalue weighted by atomic mass is 35.5. The van der Waals surface area contributed by atoms with Crippen molar-refractivity contribution in [3.63, 3.8) is 0 Å². The van der Waals surface area contributed by atoms with Crippen molar-refractivity contribution in [3.8, 4) is 0 Å². The van der Waals surface area contributed by atoms with Gasteiger partial charge >= 0.3 is 0 Å². The summed E-state index contributed by atoms with van der Waals surface area (Å²) in [6, 6.07) is 0. The van der Waals surface area contributed by atoms with E-state index in [1.807, 2.05) is 0 Å². The first-order chi connectivity index (χ1) is 7.00. The van der Waals surface area contributed by atoms with Gasteiger partial charge in [-0.2, -0.15) is 0 Å². The van der Waals surface area contributed by atoms with Gasteiger partial charge in [-0.15, -0.1) is 0 Å². The summed E-state index contributed by atoms with van der Waals surface area (Å²) in [5.41, 5.74) is 5.06. The Hall–Kier alpha value is -1.69. The zero-order valence-electron chi connectivity index (χ0n) is 7.98. The van der Waals surface area contributed by atoms with Gasteiger partial charge in [-0.3, -0.25) is 9.59 Å². The molecule has 0 unspecified atom stereocenters. The fourth-order valence-electron chi connectivity index (χ4n) is 0.924. The molecule has 15 heavy (non-hydrogen) atoms. The number of rotatable bonds is 3. The normalized spacial score (nSPS) is 9.73. The van der Waals surface area contributed by atoms with Gasteiger partial charge in [0.25, 0.3) is 5.91 Å². The number of aromatic nitrogens is 2. The molecule has 0 atom stereocenters. The minimum atomic E-state index is -0.590. The first kappa shape index (κ1) is 11.4. The van der Waals surface area contributed by atoms with E-state index in [0.29, 0.717) is 0 Å². The van der Waals surface area contributed by atoms with Gasteiger partial charge in [-0.25, -0.2) is 9.97 Å². The summed E-state index contributed by atoms with van der Waals surface area (Å²) in [6.07, 6.45) is 2.50. The molecule has 0 aliphatic heterocycles. The second-order valence-corrected chi connectivity index (χ2v) is 3.24. The molecule has 0 radical (unpaired) electrons. The highest BCUT2D eigenvalue weighted by Crippen LogP contribution is 2.03. The molecule has 0 aromatic carbocycles. The highest BCUT2D eigenvalue weighted by Gasteiger charge is 2.14. The Balaban J connectivity index is 2.76. The van der Waals surface area contributed by atoms with E-state index in [1.54, 1.807) is 0 Å². The van der Waals surface area contributed by atoms with Crippen LogP contribution in [-0.4, -0.2) is 40.3 Å². The maximum atomic E-state index is 11.6. The van der Waals surface area contributed by atoms with E-state index >= 15 is 0 Å². The van der Waals surface area contributed by atoms with Crippen molar-refractivity contribution < 1.29 is 9.59 Å². The van der Waals surface area contributed by atoms with Crippen LogP contribution in [0.5, 0.6) is 0 Å². The van der Waals surface area contributed by atoms with Gasteiger partial charge in [-0.1, -0.05) is 11.6 Å². The Kier molecular flexibility index (Phi) is 3.56. The van der Waals surface area contributed by atoms with E-state index in [-0.39, 0.29) is 17.4 Å². The monoisotopic (exact) mass is 228 g/mol. The fourth-order valence-corrected chi connectivity index (χ4v) is 1.02. The third kappa shape index (κ3) is 3.17. The molecule has 1 heterocycles. The zero-order valence-corrected chi connectivity index (χ0v) is 8.73. The molecule has 0 saturated carbocycles. The van der Waals surface area contributed by atoms with Crippen molar-refractivity contribution in [2.45, 2.75) is 0 Å². The number of primary amides is 1. The smallest absolute Gasteiger partial charge is 0.274 e. The molecule has 0 aliphatic carbocycles. The molecule has 1 aromatic heterocycles. The number of nitrogens with two attached hydrogens (primary N) is 1. The second kappa shape index (κ2) is 4.70. The number of nitrogens with zero attached hydrogens (tertiary/aromatic N) is 3. The lowest BCUT2D eigenvalue weighted by molar-refractivity contribution is -0.118. The van der Waals surface area contributed by atoms with Crippen LogP contribution in [0.25, 0.3) is 0 Å². The Morgan fingerprint density at radius 3 is 2.60 bits per heavy atom. The molecule has 7 heteroatoms. The molecule has 2 amide bonds. The third-order valence-corrected chi connectivity index (χ3v) is 1.77. The Bertz CT molecular complexity index is 379. The minimum Gasteiger partial charge on any atom is -0.368 e. The van der Waals surface area contributed by atoms with Crippen LogP contribution >= 0.6 is 11.6 Å². The van der Waals surface area contributed by atoms with E-state index in [9.17, 15) is 9.59 Å². The average molecular weight is 229 g/mol. The predicted molar refractivity (Wildman–Crippen MR) is 53.2 cm³/mol. The number of carbonyl (C=O) groups excluding carboxylic acids is 2. The Labute approximate surface area is 91.1 Å². The first-order valence-corrected chi connectivity index (χ1v) is 4.40. The molecular formula is C8H9ClN4O2. The molecule has 2 N–H and O–H groups in total. The Morgan fingerprint density at radius 2 is 2.13 bits per heavy atom. The van der Waals surface area contributed by atoms with Crippen LogP contribution in [0.2, 0.25) is 5.15 Å². The summed E-state index contributed by atoms with van der Waals surface area (Å²) in [5.74, 6) is -1.02. The van der Waals surface area contributed by atoms with Gasteiger partial charge in [0.05, 0.1) is 18.9 Å². The molecule has 0 fully saturated rings. The van der Waals surface area contributed by atoms with Crippen LogP contribution in [0, 0.1) is 0 Å². The van der Waals surface area contributed by atoms with Crippen molar-refractivity contribution in [3.05, 3.63) is 23.2 Å². The van der Waals surface area contributed by atoms with Crippen molar-refractivity contribution in [2.24, 2.45) is 5.73 Å². The molecule has 1 rings (SSSR count). The van der Waals surface area contributed by atoms with Crippen LogP contribution in [0.15, 0.2) is 12.4 Å². The van der Waals surface area contributed by atoms with Crippen LogP contribution in [0.4, 0.5) is 0 Å². The number of likely N-dealkylation sites (N-methyl/N-ethyl adjacent to an activating group) is 1. The predicted octanol–water partition coefficient (Wildman–Crippen LogP) is -0.313. The molecule has 0 bridgehead atoms. The van der Waals surface area contributed by atoms with Crippen molar-refractivity contribution in [1.82, 2.24) is 14.9 Å². The summed E-state index contributed by atoms with van der Waals surface area (Å²) in [7, 11) is 1.45. The number of amides is 2. The van der Waals surface area contributed by atoms with Gasteiger partial charge in [0.2, 0.25) is 5.91 Å². The summed E-state index contributed by atoms with van der Waals surface area (Å²) < 4.78 is 0. The summed E-state index contributed by atoms with van der Waals surface area (Å²) in [6.45, 7) is -0.164. The third-order valence-electron chi connectivity index (χ3n) is 1.58. The van der Waals surface area contributed by atoms with Gasteiger partial charge in [0.15, 0.2) is 0 Å². The average Bonchev–Trinajstić information content (AvgIpc) is 2.17. The number of hydrogen-bond donors (Lipinski definition) is 1. The summed E-state index contributed by atoms with van der Waals surface area (Å²) >= 11 is 5.51. The standard InChI is InChI=1S/C8H9ClN4O2/c1-13(4-7(10)14)8(15)5-2-12-6(9)3-11-5/h2-3H,4H2,1H3,(H2,10,14). The maximum Gasteiger partial charge on any atom is 0.274 e. The van der Waals surface area contributed by atoms with Crippen molar-refractivity contribution in [2.75, 3.05) is 13.6 Å². The van der Waals surface area contributed by atoms with E-state index in [0.717, 1.165) is 4.90 Å². The van der Waals surface area contributed by atoms with E-state index < -0.39 is 11.8 Å². The lowest BCUT2D eigenvalue weighted by Gasteiger charge is -2.13. The number of carbonyl (C=O) groups is 2. The van der Waals surface area contributed by atoms with E-state index in [2.05, 4.69) is 9.97 Å². The van der Waals surface area contributed by atoms with E-state index in [1.165, 1.54) is 19.4 Å². The van der Waals surface area contributed by atoms with Gasteiger partial charge in [-0.05, 0) is 0 Å². The SMILES string of the molecule is CN(CC(N)=O)C(=O)c1cnc(Cl)cn1. The van der Waals surface area contributed by atoms with Gasteiger partial charge < -0.3 is 10.6 Å². The molecular weight excluding hydrogens is 220 g/mol. The van der Waals surface area contributed by atoms with Crippen molar-refractivity contribution >= 4 is 23.4 Å². The number of hydrogen-bond acceptors (Lipinski definition) is 4. The lowest BCUT2D eigenvalue weighted by atomic mass is 10.4. The first-order valence-electron chi connectivity index (χ1n) is 4.02. The minimum absolute atomic E-state index is 0.114. The highest BCUT2D eigenvalue weighted by molar-refractivity contribution is 6.29. The van der Waals surface area contributed by atoms with Gasteiger partial charge in [0.1, 0.15) is 10.8 Å². The van der Waals surface area contributed by atoms with Gasteiger partial charge in [0, 0.05) is 7.05 Å². The molecule has 6 nitrogen and oxygen atoms in total. The van der Waals surface area contributed by atoms with E-state index in [4.69, 9.17) is 17.3 Å². The molecule has 1 aromatic rings. The summed E-state index contributed by atoms with van der Waals surface area (Å²) in [5, 5.41) is 0.198. The zero-order chi connectivity index (χ0) is 11.4. The largest absolute Gasteiger partial charge is 0.368 e. The molecule has 0 spiro atoms. The molecule has 80 valence electrons. The maximum absolute atomic E-state index is 11.6. The fraction of sp³-hybridized carbons (Fsp3) is 0.250. The topological polar surface area (TPSA) is 89.2 Å². The lowest BCUT2D eigenvalue weighted by Crippen LogP contribution is -2.35. The molecule has 0 saturated heterocycles. The number of halogens is 1. The van der Waals surface area contributed by atoms with Crippen LogP contribution in [-0.2, 0) is 4.79 Å². The Morgan fingerprint density at radius 1 is 1.47 bits per heavy atom. The molecule has 0 aliphatic rings. The summed E-state index contributed by atoms with van der Waals surface area (Å²) in [4.78, 5) is 30.8. The quantitative estimate of drug-likeness (QED) is 0.768. The van der Waals surface area contributed by atoms with Crippen LogP contribution < -0.4 is 5.73 Å². The second-order valence-electron chi connectivity index (χ2n) is 2.85. The van der Waals surface area contributed by atoms with Crippen LogP contribution in [0.3, 0.4) is 0 Å². The van der Waals surface area contributed by atoms with Crippen LogP contribution in [0.1, 0.15) is 10.5 Å². The van der Waals surface area contributed by atoms with Crippen molar-refractivity contribution in [1.29, 1.82) is 0 Å².